The van der Waals surface area contributed by atoms with Gasteiger partial charge in [0.15, 0.2) is 0 Å². The number of nitrogens with one attached hydrogen (secondary N) is 1. The second-order valence-electron chi connectivity index (χ2n) is 12.1. The van der Waals surface area contributed by atoms with Crippen LogP contribution in [-0.2, 0) is 41.7 Å². The van der Waals surface area contributed by atoms with Crippen LogP contribution < -0.4 is 14.2 Å². The molecule has 2 atom stereocenters. The summed E-state index contributed by atoms with van der Waals surface area (Å²) in [6, 6.07) is 35.8. The van der Waals surface area contributed by atoms with Gasteiger partial charge in [-0.15, -0.1) is 0 Å². The molecule has 6 aromatic rings. The lowest BCUT2D eigenvalue weighted by Crippen LogP contribution is -2.29. The monoisotopic (exact) mass is 684 g/mol. The van der Waals surface area contributed by atoms with Crippen molar-refractivity contribution in [3.05, 3.63) is 155 Å². The largest absolute Gasteiger partial charge is 0.497 e. The number of hydrogen-bond acceptors (Lipinski definition) is 6. The number of ether oxygens (including phenoxy) is 3. The lowest BCUT2D eigenvalue weighted by atomic mass is 9.97. The third-order valence-corrected chi connectivity index (χ3v) is 10.0. The fourth-order valence-corrected chi connectivity index (χ4v) is 7.17. The van der Waals surface area contributed by atoms with Crippen molar-refractivity contribution in [1.82, 2.24) is 14.3 Å². The summed E-state index contributed by atoms with van der Waals surface area (Å²) in [6.07, 6.45) is 4.33. The zero-order valence-electron chi connectivity index (χ0n) is 28.5. The SMILES string of the molecule is COc1ccc(COCCc2c([C@H](Cc3ccncc3C#N)N[S@@](=O)c3ccc(C)cc3)n(Cc3ccc(OC)cc3)c3ccccc23)cc1. The summed E-state index contributed by atoms with van der Waals surface area (Å²) < 4.78 is 36.9. The first kappa shape index (κ1) is 34.6. The lowest BCUT2D eigenvalue weighted by molar-refractivity contribution is 0.124. The van der Waals surface area contributed by atoms with Crippen LogP contribution in [0.4, 0.5) is 0 Å². The van der Waals surface area contributed by atoms with Gasteiger partial charge in [-0.25, -0.2) is 8.93 Å². The molecule has 0 aliphatic carbocycles. The van der Waals surface area contributed by atoms with Gasteiger partial charge in [0.2, 0.25) is 0 Å². The van der Waals surface area contributed by atoms with Crippen LogP contribution in [0.25, 0.3) is 10.9 Å². The molecule has 0 radical (unpaired) electrons. The second kappa shape index (κ2) is 16.4. The third kappa shape index (κ3) is 8.12. The van der Waals surface area contributed by atoms with Gasteiger partial charge in [0, 0.05) is 35.5 Å². The minimum Gasteiger partial charge on any atom is -0.497 e. The average molecular weight is 685 g/mol. The molecule has 0 saturated heterocycles. The maximum atomic E-state index is 14.1. The van der Waals surface area contributed by atoms with Crippen LogP contribution in [-0.4, -0.2) is 34.6 Å². The number of hydrogen-bond donors (Lipinski definition) is 1. The predicted octanol–water partition coefficient (Wildman–Crippen LogP) is 7.64. The van der Waals surface area contributed by atoms with Crippen LogP contribution in [0.5, 0.6) is 11.5 Å². The van der Waals surface area contributed by atoms with Gasteiger partial charge in [-0.3, -0.25) is 4.98 Å². The van der Waals surface area contributed by atoms with E-state index >= 15 is 0 Å². The maximum absolute atomic E-state index is 14.1. The van der Waals surface area contributed by atoms with Crippen molar-refractivity contribution in [2.45, 2.75) is 43.9 Å². The highest BCUT2D eigenvalue weighted by molar-refractivity contribution is 7.83. The Morgan fingerprint density at radius 3 is 2.24 bits per heavy atom. The van der Waals surface area contributed by atoms with Gasteiger partial charge in [0.25, 0.3) is 0 Å². The van der Waals surface area contributed by atoms with E-state index in [2.05, 4.69) is 50.7 Å². The molecule has 2 aromatic heterocycles. The highest BCUT2D eigenvalue weighted by atomic mass is 32.2. The summed E-state index contributed by atoms with van der Waals surface area (Å²) in [6.45, 7) is 3.52. The molecule has 1 N–H and O–H groups in total. The van der Waals surface area contributed by atoms with E-state index in [0.717, 1.165) is 55.9 Å². The summed E-state index contributed by atoms with van der Waals surface area (Å²) in [5.74, 6) is 1.59. The highest BCUT2D eigenvalue weighted by Crippen LogP contribution is 2.35. The van der Waals surface area contributed by atoms with E-state index in [1.807, 2.05) is 79.7 Å². The Kier molecular flexibility index (Phi) is 11.4. The molecule has 9 heteroatoms. The van der Waals surface area contributed by atoms with Gasteiger partial charge < -0.3 is 18.8 Å². The van der Waals surface area contributed by atoms with Crippen molar-refractivity contribution < 1.29 is 18.4 Å². The number of para-hydroxylation sites is 1. The van der Waals surface area contributed by atoms with Gasteiger partial charge >= 0.3 is 0 Å². The Bertz CT molecular complexity index is 2100. The number of aryl methyl sites for hydroxylation is 1. The van der Waals surface area contributed by atoms with E-state index in [9.17, 15) is 9.47 Å². The molecule has 8 nitrogen and oxygen atoms in total. The van der Waals surface area contributed by atoms with Crippen molar-refractivity contribution in [2.24, 2.45) is 0 Å². The fraction of sp³-hybridized carbons (Fsp3) is 0.220. The second-order valence-corrected chi connectivity index (χ2v) is 13.3. The Morgan fingerprint density at radius 1 is 0.880 bits per heavy atom. The Hall–Kier alpha value is -5.27. The van der Waals surface area contributed by atoms with E-state index in [0.29, 0.717) is 43.1 Å². The number of pyridine rings is 1. The van der Waals surface area contributed by atoms with Crippen LogP contribution in [0.1, 0.15) is 45.1 Å². The van der Waals surface area contributed by atoms with E-state index < -0.39 is 17.0 Å². The Balaban J connectivity index is 1.44. The number of methoxy groups -OCH3 is 2. The number of nitriles is 1. The fourth-order valence-electron chi connectivity index (χ4n) is 6.20. The molecule has 4 aromatic carbocycles. The number of benzene rings is 4. The molecule has 2 heterocycles. The van der Waals surface area contributed by atoms with Gasteiger partial charge in [-0.05, 0) is 90.6 Å². The standard InChI is InChI=1S/C41H40N4O4S/c1-29-8-18-36(19-9-29)50(46)44-39(24-32-20-22-43-26-33(32)25-42)41-38(21-23-49-28-31-12-16-35(48-3)17-13-31)37-6-4-5-7-40(37)45(41)27-30-10-14-34(47-2)15-11-30/h4-20,22,26,39,44H,21,23-24,27-28H2,1-3H3/t39-,50-/m0/s1. The molecule has 254 valence electrons. The van der Waals surface area contributed by atoms with Crippen molar-refractivity contribution in [2.75, 3.05) is 20.8 Å². The molecular formula is C41H40N4O4S. The van der Waals surface area contributed by atoms with Crippen molar-refractivity contribution in [3.63, 3.8) is 0 Å². The first-order valence-electron chi connectivity index (χ1n) is 16.5. The van der Waals surface area contributed by atoms with E-state index in [-0.39, 0.29) is 0 Å². The molecule has 0 fully saturated rings. The molecular weight excluding hydrogens is 645 g/mol. The first-order chi connectivity index (χ1) is 24.5. The summed E-state index contributed by atoms with van der Waals surface area (Å²) in [7, 11) is 1.77. The minimum atomic E-state index is -1.55. The molecule has 0 spiro atoms. The first-order valence-corrected chi connectivity index (χ1v) is 17.6. The topological polar surface area (TPSA) is 98.4 Å². The average Bonchev–Trinajstić information content (AvgIpc) is 3.46. The van der Waals surface area contributed by atoms with E-state index in [1.165, 1.54) is 0 Å². The van der Waals surface area contributed by atoms with Crippen LogP contribution in [0, 0.1) is 18.3 Å². The molecule has 50 heavy (non-hydrogen) atoms. The number of rotatable bonds is 15. The van der Waals surface area contributed by atoms with E-state index in [4.69, 9.17) is 14.2 Å². The van der Waals surface area contributed by atoms with Gasteiger partial charge in [-0.2, -0.15) is 5.26 Å². The van der Waals surface area contributed by atoms with Crippen LogP contribution in [0.2, 0.25) is 0 Å². The zero-order valence-corrected chi connectivity index (χ0v) is 29.3. The number of aromatic nitrogens is 2. The van der Waals surface area contributed by atoms with Gasteiger partial charge in [0.05, 0.1) is 43.9 Å². The van der Waals surface area contributed by atoms with Crippen molar-refractivity contribution in [3.8, 4) is 17.6 Å². The lowest BCUT2D eigenvalue weighted by Gasteiger charge is -2.24. The van der Waals surface area contributed by atoms with Crippen LogP contribution in [0.15, 0.2) is 120 Å². The van der Waals surface area contributed by atoms with Crippen molar-refractivity contribution in [1.29, 1.82) is 5.26 Å². The van der Waals surface area contributed by atoms with Gasteiger partial charge in [0.1, 0.15) is 28.6 Å². The molecule has 0 unspecified atom stereocenters. The van der Waals surface area contributed by atoms with Crippen molar-refractivity contribution >= 4 is 21.9 Å². The normalized spacial score (nSPS) is 12.4. The van der Waals surface area contributed by atoms with Crippen LogP contribution >= 0.6 is 0 Å². The molecule has 0 bridgehead atoms. The number of fused-ring (bicyclic) bond motifs is 1. The quantitative estimate of drug-likeness (QED) is 0.112. The smallest absolute Gasteiger partial charge is 0.125 e. The molecule has 0 aliphatic heterocycles. The van der Waals surface area contributed by atoms with E-state index in [1.54, 1.807) is 26.6 Å². The number of nitrogens with zero attached hydrogens (tertiary/aromatic N) is 3. The Labute approximate surface area is 295 Å². The summed E-state index contributed by atoms with van der Waals surface area (Å²) in [5, 5.41) is 11.1. The summed E-state index contributed by atoms with van der Waals surface area (Å²) >= 11 is 0. The molecule has 6 rings (SSSR count). The molecule has 0 saturated carbocycles. The summed E-state index contributed by atoms with van der Waals surface area (Å²) in [5.41, 5.74) is 7.72. The predicted molar refractivity (Wildman–Crippen MR) is 197 cm³/mol. The molecule has 0 amide bonds. The van der Waals surface area contributed by atoms with Gasteiger partial charge in [-0.1, -0.05) is 60.2 Å². The minimum absolute atomic E-state index is 0.418. The Morgan fingerprint density at radius 2 is 1.56 bits per heavy atom. The third-order valence-electron chi connectivity index (χ3n) is 8.81. The maximum Gasteiger partial charge on any atom is 0.125 e. The zero-order chi connectivity index (χ0) is 34.9. The summed E-state index contributed by atoms with van der Waals surface area (Å²) in [4.78, 5) is 4.87. The highest BCUT2D eigenvalue weighted by Gasteiger charge is 2.27. The molecule has 0 aliphatic rings. The van der Waals surface area contributed by atoms with Crippen LogP contribution in [0.3, 0.4) is 0 Å².